The van der Waals surface area contributed by atoms with Crippen molar-refractivity contribution < 1.29 is 0 Å². The van der Waals surface area contributed by atoms with Crippen molar-refractivity contribution >= 4 is 29.8 Å². The number of fused-ring (bicyclic) bond motifs is 1. The van der Waals surface area contributed by atoms with Gasteiger partial charge in [-0.05, 0) is 0 Å². The molecule has 2 rings (SSSR count). The van der Waals surface area contributed by atoms with E-state index in [0.717, 1.165) is 51.8 Å². The number of rotatable bonds is 10. The van der Waals surface area contributed by atoms with Crippen molar-refractivity contribution in [2.24, 2.45) is 14.1 Å². The van der Waals surface area contributed by atoms with Gasteiger partial charge in [0, 0.05) is 0 Å². The molecule has 0 atom stereocenters. The first-order valence-electron chi connectivity index (χ1n) is 10.1. The van der Waals surface area contributed by atoms with Crippen LogP contribution in [0.3, 0.4) is 0 Å². The van der Waals surface area contributed by atoms with E-state index >= 15 is 0 Å². The predicted molar refractivity (Wildman–Crippen MR) is 111 cm³/mol. The zero-order valence-corrected chi connectivity index (χ0v) is 19.9. The fourth-order valence-electron chi connectivity index (χ4n) is 3.99. The van der Waals surface area contributed by atoms with Crippen LogP contribution in [0.15, 0.2) is 15.9 Å². The summed E-state index contributed by atoms with van der Waals surface area (Å²) >= 11 is -3.18. The molecule has 0 N–H and O–H groups in total. The zero-order chi connectivity index (χ0) is 19.3. The fourth-order valence-corrected chi connectivity index (χ4v) is 19.8. The Morgan fingerprint density at radius 2 is 1.42 bits per heavy atom. The molecule has 0 aliphatic heterocycles. The number of nitrogens with zero attached hydrogens (tertiary/aromatic N) is 4. The first-order chi connectivity index (χ1) is 12.4. The van der Waals surface area contributed by atoms with Crippen LogP contribution in [0.1, 0.15) is 59.3 Å². The molecule has 0 saturated carbocycles. The number of hydrogen-bond acceptors (Lipinski definition) is 3. The summed E-state index contributed by atoms with van der Waals surface area (Å²) in [6.45, 7) is 6.59. The number of aryl methyl sites for hydroxylation is 2. The summed E-state index contributed by atoms with van der Waals surface area (Å²) < 4.78 is 8.41. The molecule has 2 heterocycles. The molecule has 0 spiro atoms. The van der Waals surface area contributed by atoms with Crippen LogP contribution in [0.5, 0.6) is 0 Å². The average Bonchev–Trinajstić information content (AvgIpc) is 3.02. The summed E-state index contributed by atoms with van der Waals surface area (Å²) in [5.74, 6) is 0. The molecule has 2 aromatic rings. The molecule has 0 unspecified atom stereocenters. The molecule has 0 saturated heterocycles. The molecule has 6 nitrogen and oxygen atoms in total. The molecule has 0 aliphatic carbocycles. The van der Waals surface area contributed by atoms with Gasteiger partial charge in [-0.1, -0.05) is 0 Å². The Bertz CT molecular complexity index is 828. The molecule has 2 aromatic heterocycles. The van der Waals surface area contributed by atoms with Gasteiger partial charge < -0.3 is 0 Å². The van der Waals surface area contributed by atoms with E-state index in [9.17, 15) is 9.59 Å². The number of hydrogen-bond donors (Lipinski definition) is 0. The second kappa shape index (κ2) is 9.24. The Labute approximate surface area is 160 Å². The van der Waals surface area contributed by atoms with Gasteiger partial charge in [0.25, 0.3) is 0 Å². The zero-order valence-electron chi connectivity index (χ0n) is 17.0. The number of aromatic nitrogens is 4. The first kappa shape index (κ1) is 21.3. The maximum absolute atomic E-state index is 13.5. The molecule has 7 heteroatoms. The molecular formula is C19H34N4O2Sn. The SMILES string of the molecule is CCC[CH2][Sn]([CH2]CCC)([CH2]CCC)[n]1c(=O)c2c(ncn2C)n(C)c1=O. The van der Waals surface area contributed by atoms with Crippen molar-refractivity contribution in [2.45, 2.75) is 72.6 Å². The van der Waals surface area contributed by atoms with Crippen LogP contribution in [0.4, 0.5) is 0 Å². The summed E-state index contributed by atoms with van der Waals surface area (Å²) in [6.07, 6.45) is 8.31. The van der Waals surface area contributed by atoms with E-state index in [0.29, 0.717) is 11.2 Å². The Morgan fingerprint density at radius 1 is 0.923 bits per heavy atom. The van der Waals surface area contributed by atoms with Gasteiger partial charge >= 0.3 is 161 Å². The normalized spacial score (nSPS) is 12.2. The van der Waals surface area contributed by atoms with Crippen molar-refractivity contribution in [3.8, 4) is 0 Å². The van der Waals surface area contributed by atoms with E-state index < -0.39 is 18.7 Å². The molecule has 0 aliphatic rings. The molecule has 0 aromatic carbocycles. The number of imidazole rings is 1. The third kappa shape index (κ3) is 3.94. The van der Waals surface area contributed by atoms with E-state index in [-0.39, 0.29) is 11.2 Å². The van der Waals surface area contributed by atoms with Crippen LogP contribution >= 0.6 is 0 Å². The van der Waals surface area contributed by atoms with Crippen LogP contribution in [-0.4, -0.2) is 35.6 Å². The minimum absolute atomic E-state index is 0.0952. The Morgan fingerprint density at radius 3 is 1.88 bits per heavy atom. The molecule has 0 fully saturated rings. The predicted octanol–water partition coefficient (Wildman–Crippen LogP) is 3.63. The van der Waals surface area contributed by atoms with Crippen molar-refractivity contribution in [1.82, 2.24) is 16.9 Å². The molecule has 0 bridgehead atoms. The van der Waals surface area contributed by atoms with E-state index in [4.69, 9.17) is 0 Å². The average molecular weight is 469 g/mol. The third-order valence-corrected chi connectivity index (χ3v) is 20.4. The Balaban J connectivity index is 2.78. The van der Waals surface area contributed by atoms with Crippen LogP contribution in [0.2, 0.25) is 13.3 Å². The van der Waals surface area contributed by atoms with Gasteiger partial charge in [0.2, 0.25) is 0 Å². The summed E-state index contributed by atoms with van der Waals surface area (Å²) in [5.41, 5.74) is 0.834. The maximum atomic E-state index is 13.5. The van der Waals surface area contributed by atoms with Gasteiger partial charge in [0.15, 0.2) is 0 Å². The van der Waals surface area contributed by atoms with Gasteiger partial charge in [-0.25, -0.2) is 0 Å². The molecular weight excluding hydrogens is 435 g/mol. The second-order valence-corrected chi connectivity index (χ2v) is 20.1. The molecule has 146 valence electrons. The molecule has 26 heavy (non-hydrogen) atoms. The van der Waals surface area contributed by atoms with Crippen LogP contribution in [0.25, 0.3) is 11.2 Å². The van der Waals surface area contributed by atoms with E-state index in [1.165, 1.54) is 0 Å². The molecule has 0 amide bonds. The van der Waals surface area contributed by atoms with Gasteiger partial charge in [0.05, 0.1) is 0 Å². The quantitative estimate of drug-likeness (QED) is 0.500. The Kier molecular flexibility index (Phi) is 7.55. The van der Waals surface area contributed by atoms with Crippen molar-refractivity contribution in [3.63, 3.8) is 0 Å². The standard InChI is InChI=1S/C7H8N4O2.3C4H9.Sn/c1-10-3-8-5-4(10)6(12)9-7(13)11(5)2;3*1-3-4-2;/h3H,1-2H3,(H,9,12,13);3*1,3-4H2,2H3;/q;;;;+1/p-1. The summed E-state index contributed by atoms with van der Waals surface area (Å²) in [7, 11) is 3.59. The van der Waals surface area contributed by atoms with Crippen LogP contribution in [-0.2, 0) is 14.1 Å². The first-order valence-corrected chi connectivity index (χ1v) is 17.4. The number of unbranched alkanes of at least 4 members (excludes halogenated alkanes) is 3. The van der Waals surface area contributed by atoms with Gasteiger partial charge in [0.1, 0.15) is 0 Å². The summed E-state index contributed by atoms with van der Waals surface area (Å²) in [6, 6.07) is 0. The van der Waals surface area contributed by atoms with Crippen LogP contribution in [0, 0.1) is 0 Å². The van der Waals surface area contributed by atoms with Gasteiger partial charge in [-0.15, -0.1) is 0 Å². The summed E-state index contributed by atoms with van der Waals surface area (Å²) in [4.78, 5) is 31.0. The van der Waals surface area contributed by atoms with Gasteiger partial charge in [-0.3, -0.25) is 0 Å². The fraction of sp³-hybridized carbons (Fsp3) is 0.737. The van der Waals surface area contributed by atoms with E-state index in [1.807, 2.05) is 7.05 Å². The van der Waals surface area contributed by atoms with E-state index in [2.05, 4.69) is 25.8 Å². The van der Waals surface area contributed by atoms with Crippen LogP contribution < -0.4 is 11.2 Å². The monoisotopic (exact) mass is 470 g/mol. The third-order valence-electron chi connectivity index (χ3n) is 5.58. The minimum atomic E-state index is -3.18. The molecule has 0 radical (unpaired) electrons. The van der Waals surface area contributed by atoms with Crippen molar-refractivity contribution in [1.29, 1.82) is 0 Å². The summed E-state index contributed by atoms with van der Waals surface area (Å²) in [5, 5.41) is 0. The Hall–Kier alpha value is -1.05. The van der Waals surface area contributed by atoms with Crippen molar-refractivity contribution in [2.75, 3.05) is 0 Å². The second-order valence-electron chi connectivity index (χ2n) is 7.54. The topological polar surface area (TPSA) is 61.8 Å². The van der Waals surface area contributed by atoms with E-state index in [1.54, 1.807) is 25.3 Å². The van der Waals surface area contributed by atoms with Gasteiger partial charge in [-0.2, -0.15) is 0 Å². The van der Waals surface area contributed by atoms with Crippen molar-refractivity contribution in [3.05, 3.63) is 27.2 Å².